The van der Waals surface area contributed by atoms with Crippen molar-refractivity contribution in [3.05, 3.63) is 35.9 Å². The Bertz CT molecular complexity index is 395. The Balaban J connectivity index is 2.07. The van der Waals surface area contributed by atoms with Crippen LogP contribution in [0.1, 0.15) is 25.8 Å². The minimum atomic E-state index is 0.153. The molecule has 3 heteroatoms. The topological polar surface area (TPSA) is 24.5 Å². The summed E-state index contributed by atoms with van der Waals surface area (Å²) in [5.41, 5.74) is 1.57. The molecule has 0 radical (unpaired) electrons. The van der Waals surface area contributed by atoms with Gasteiger partial charge in [0, 0.05) is 38.7 Å². The molecule has 1 N–H and O–H groups in total. The van der Waals surface area contributed by atoms with Gasteiger partial charge in [-0.15, -0.1) is 0 Å². The van der Waals surface area contributed by atoms with E-state index in [9.17, 15) is 0 Å². The van der Waals surface area contributed by atoms with E-state index in [1.165, 1.54) is 5.56 Å². The number of likely N-dealkylation sites (N-methyl/N-ethyl adjacent to an activating group) is 1. The average Bonchev–Trinajstić information content (AvgIpc) is 2.93. The molecule has 0 spiro atoms. The smallest absolute Gasteiger partial charge is 0.0710 e. The van der Waals surface area contributed by atoms with Gasteiger partial charge in [0.1, 0.15) is 0 Å². The summed E-state index contributed by atoms with van der Waals surface area (Å²) in [5, 5.41) is 3.53. The summed E-state index contributed by atoms with van der Waals surface area (Å²) >= 11 is 0. The van der Waals surface area contributed by atoms with E-state index >= 15 is 0 Å². The van der Waals surface area contributed by atoms with E-state index < -0.39 is 0 Å². The van der Waals surface area contributed by atoms with Gasteiger partial charge in [0.25, 0.3) is 0 Å². The standard InChI is InChI=1S/C17H28N2O/c1-4-18-13-17(2,15-8-6-5-7-9-15)14-19-11-10-16(12-19)20-3/h5-9,16,18H,4,10-14H2,1-3H3. The third-order valence-electron chi connectivity index (χ3n) is 4.37. The zero-order valence-electron chi connectivity index (χ0n) is 13.1. The monoisotopic (exact) mass is 276 g/mol. The largest absolute Gasteiger partial charge is 0.380 e. The lowest BCUT2D eigenvalue weighted by Gasteiger charge is -2.34. The van der Waals surface area contributed by atoms with Crippen molar-refractivity contribution >= 4 is 0 Å². The van der Waals surface area contributed by atoms with Gasteiger partial charge < -0.3 is 10.1 Å². The third kappa shape index (κ3) is 3.81. The van der Waals surface area contributed by atoms with Crippen LogP contribution in [0.5, 0.6) is 0 Å². The van der Waals surface area contributed by atoms with Gasteiger partial charge in [0.15, 0.2) is 0 Å². The Morgan fingerprint density at radius 1 is 1.35 bits per heavy atom. The second kappa shape index (κ2) is 7.21. The molecule has 1 aliphatic rings. The van der Waals surface area contributed by atoms with Crippen molar-refractivity contribution in [3.63, 3.8) is 0 Å². The fourth-order valence-electron chi connectivity index (χ4n) is 3.12. The molecule has 0 aliphatic carbocycles. The molecule has 0 aromatic heterocycles. The number of hydrogen-bond acceptors (Lipinski definition) is 3. The van der Waals surface area contributed by atoms with Crippen molar-refractivity contribution in [1.29, 1.82) is 0 Å². The fourth-order valence-corrected chi connectivity index (χ4v) is 3.12. The van der Waals surface area contributed by atoms with Crippen molar-refractivity contribution in [3.8, 4) is 0 Å². The molecule has 1 aliphatic heterocycles. The number of nitrogens with one attached hydrogen (secondary N) is 1. The first-order chi connectivity index (χ1) is 9.68. The van der Waals surface area contributed by atoms with Crippen molar-refractivity contribution in [2.24, 2.45) is 0 Å². The first-order valence-electron chi connectivity index (χ1n) is 7.69. The number of rotatable bonds is 7. The Morgan fingerprint density at radius 3 is 2.70 bits per heavy atom. The summed E-state index contributed by atoms with van der Waals surface area (Å²) < 4.78 is 5.49. The number of likely N-dealkylation sites (tertiary alicyclic amines) is 1. The lowest BCUT2D eigenvalue weighted by Crippen LogP contribution is -2.45. The van der Waals surface area contributed by atoms with Crippen molar-refractivity contribution < 1.29 is 4.74 Å². The minimum absolute atomic E-state index is 0.153. The van der Waals surface area contributed by atoms with Crippen LogP contribution in [0.2, 0.25) is 0 Å². The highest BCUT2D eigenvalue weighted by molar-refractivity contribution is 5.25. The number of benzene rings is 1. The third-order valence-corrected chi connectivity index (χ3v) is 4.37. The maximum atomic E-state index is 5.49. The van der Waals surface area contributed by atoms with Gasteiger partial charge >= 0.3 is 0 Å². The molecule has 1 fully saturated rings. The zero-order valence-corrected chi connectivity index (χ0v) is 13.1. The SMILES string of the molecule is CCNCC(C)(CN1CCC(OC)C1)c1ccccc1. The van der Waals surface area contributed by atoms with E-state index in [1.807, 2.05) is 7.11 Å². The van der Waals surface area contributed by atoms with Crippen LogP contribution in [0.3, 0.4) is 0 Å². The molecule has 1 aromatic carbocycles. The number of methoxy groups -OCH3 is 1. The first-order valence-corrected chi connectivity index (χ1v) is 7.69. The van der Waals surface area contributed by atoms with E-state index in [0.717, 1.165) is 39.1 Å². The highest BCUT2D eigenvalue weighted by Crippen LogP contribution is 2.26. The lowest BCUT2D eigenvalue weighted by molar-refractivity contribution is 0.104. The van der Waals surface area contributed by atoms with Crippen LogP contribution >= 0.6 is 0 Å². The maximum Gasteiger partial charge on any atom is 0.0710 e. The number of nitrogens with zero attached hydrogens (tertiary/aromatic N) is 1. The van der Waals surface area contributed by atoms with Gasteiger partial charge in [-0.1, -0.05) is 44.2 Å². The second-order valence-electron chi connectivity index (χ2n) is 6.09. The van der Waals surface area contributed by atoms with Crippen LogP contribution < -0.4 is 5.32 Å². The van der Waals surface area contributed by atoms with E-state index in [2.05, 4.69) is 54.4 Å². The molecule has 0 saturated carbocycles. The highest BCUT2D eigenvalue weighted by atomic mass is 16.5. The van der Waals surface area contributed by atoms with Crippen LogP contribution in [0.15, 0.2) is 30.3 Å². The lowest BCUT2D eigenvalue weighted by atomic mass is 9.81. The Kier molecular flexibility index (Phi) is 5.58. The van der Waals surface area contributed by atoms with Crippen LogP contribution in [0.4, 0.5) is 0 Å². The van der Waals surface area contributed by atoms with Gasteiger partial charge in [0.2, 0.25) is 0 Å². The van der Waals surface area contributed by atoms with Crippen LogP contribution in [-0.4, -0.2) is 50.8 Å². The van der Waals surface area contributed by atoms with Crippen LogP contribution in [-0.2, 0) is 10.2 Å². The van der Waals surface area contributed by atoms with Crippen molar-refractivity contribution in [2.45, 2.75) is 31.8 Å². The average molecular weight is 276 g/mol. The summed E-state index contributed by atoms with van der Waals surface area (Å²) in [5.74, 6) is 0. The second-order valence-corrected chi connectivity index (χ2v) is 6.09. The molecule has 0 bridgehead atoms. The molecular weight excluding hydrogens is 248 g/mol. The van der Waals surface area contributed by atoms with Crippen molar-refractivity contribution in [2.75, 3.05) is 39.8 Å². The summed E-state index contributed by atoms with van der Waals surface area (Å²) in [6.07, 6.45) is 1.57. The summed E-state index contributed by atoms with van der Waals surface area (Å²) in [7, 11) is 1.82. The predicted octanol–water partition coefficient (Wildman–Crippen LogP) is 2.27. The fraction of sp³-hybridized carbons (Fsp3) is 0.647. The molecule has 2 unspecified atom stereocenters. The van der Waals surface area contributed by atoms with Crippen LogP contribution in [0, 0.1) is 0 Å². The number of ether oxygens (including phenoxy) is 1. The molecule has 2 atom stereocenters. The Labute approximate surface area is 123 Å². The highest BCUT2D eigenvalue weighted by Gasteiger charge is 2.32. The molecular formula is C17H28N2O. The molecule has 1 heterocycles. The molecule has 0 amide bonds. The summed E-state index contributed by atoms with van der Waals surface area (Å²) in [4.78, 5) is 2.54. The number of hydrogen-bond donors (Lipinski definition) is 1. The van der Waals surface area contributed by atoms with E-state index in [-0.39, 0.29) is 5.41 Å². The van der Waals surface area contributed by atoms with Gasteiger partial charge in [0.05, 0.1) is 6.10 Å². The molecule has 1 saturated heterocycles. The summed E-state index contributed by atoms with van der Waals surface area (Å²) in [6.45, 7) is 9.86. The quantitative estimate of drug-likeness (QED) is 0.827. The molecule has 1 aromatic rings. The maximum absolute atomic E-state index is 5.49. The van der Waals surface area contributed by atoms with E-state index in [0.29, 0.717) is 6.10 Å². The molecule has 112 valence electrons. The Morgan fingerprint density at radius 2 is 2.10 bits per heavy atom. The predicted molar refractivity (Wildman–Crippen MR) is 84.2 cm³/mol. The normalized spacial score (nSPS) is 22.9. The van der Waals surface area contributed by atoms with E-state index in [1.54, 1.807) is 0 Å². The van der Waals surface area contributed by atoms with Gasteiger partial charge in [-0.05, 0) is 18.5 Å². The molecule has 2 rings (SSSR count). The van der Waals surface area contributed by atoms with Gasteiger partial charge in [-0.25, -0.2) is 0 Å². The minimum Gasteiger partial charge on any atom is -0.380 e. The zero-order chi connectivity index (χ0) is 14.4. The Hall–Kier alpha value is -0.900. The van der Waals surface area contributed by atoms with Crippen LogP contribution in [0.25, 0.3) is 0 Å². The first kappa shape index (κ1) is 15.5. The van der Waals surface area contributed by atoms with E-state index in [4.69, 9.17) is 4.74 Å². The van der Waals surface area contributed by atoms with Gasteiger partial charge in [-0.3, -0.25) is 4.90 Å². The molecule has 20 heavy (non-hydrogen) atoms. The summed E-state index contributed by atoms with van der Waals surface area (Å²) in [6, 6.07) is 10.9. The van der Waals surface area contributed by atoms with Crippen molar-refractivity contribution in [1.82, 2.24) is 10.2 Å². The van der Waals surface area contributed by atoms with Gasteiger partial charge in [-0.2, -0.15) is 0 Å². The molecule has 3 nitrogen and oxygen atoms in total.